The van der Waals surface area contributed by atoms with E-state index in [1.807, 2.05) is 63.6 Å². The Hall–Kier alpha value is -2.89. The van der Waals surface area contributed by atoms with Gasteiger partial charge >= 0.3 is 0 Å². The number of amides is 1. The van der Waals surface area contributed by atoms with Crippen molar-refractivity contribution in [2.24, 2.45) is 7.05 Å². The highest BCUT2D eigenvalue weighted by molar-refractivity contribution is 5.92. The first kappa shape index (κ1) is 16.0. The van der Waals surface area contributed by atoms with Crippen LogP contribution in [0.25, 0.3) is 5.69 Å². The van der Waals surface area contributed by atoms with Crippen molar-refractivity contribution < 1.29 is 4.79 Å². The van der Waals surface area contributed by atoms with E-state index in [-0.39, 0.29) is 5.91 Å². The molecule has 0 aliphatic carbocycles. The second kappa shape index (κ2) is 6.70. The Kier molecular flexibility index (Phi) is 4.46. The molecule has 0 aliphatic heterocycles. The van der Waals surface area contributed by atoms with Gasteiger partial charge in [0, 0.05) is 25.9 Å². The van der Waals surface area contributed by atoms with Crippen molar-refractivity contribution in [3.8, 4) is 5.69 Å². The van der Waals surface area contributed by atoms with E-state index in [1.54, 1.807) is 9.36 Å². The molecule has 0 unspecified atom stereocenters. The van der Waals surface area contributed by atoms with Crippen molar-refractivity contribution in [3.63, 3.8) is 0 Å². The molecule has 0 aliphatic rings. The number of benzene rings is 1. The van der Waals surface area contributed by atoms with Gasteiger partial charge in [0.15, 0.2) is 0 Å². The maximum absolute atomic E-state index is 12.3. The number of nitrogens with one attached hydrogen (secondary N) is 1. The predicted molar refractivity (Wildman–Crippen MR) is 93.2 cm³/mol. The maximum atomic E-state index is 12.3. The number of hydrogen-bond donors (Lipinski definition) is 1. The summed E-state index contributed by atoms with van der Waals surface area (Å²) in [5.41, 5.74) is 4.62. The SMILES string of the molecule is Cc1ccn(-c2ccccc2NC(=O)CCc2cn(C)nc2C)n1. The molecule has 0 saturated heterocycles. The van der Waals surface area contributed by atoms with Gasteiger partial charge in [0.05, 0.1) is 22.8 Å². The molecule has 1 N–H and O–H groups in total. The van der Waals surface area contributed by atoms with Crippen molar-refractivity contribution in [3.05, 3.63) is 59.7 Å². The van der Waals surface area contributed by atoms with E-state index in [0.717, 1.165) is 28.3 Å². The van der Waals surface area contributed by atoms with Gasteiger partial charge in [-0.15, -0.1) is 0 Å². The molecule has 3 rings (SSSR count). The van der Waals surface area contributed by atoms with Crippen LogP contribution in [0, 0.1) is 13.8 Å². The summed E-state index contributed by atoms with van der Waals surface area (Å²) in [6, 6.07) is 9.60. The van der Waals surface area contributed by atoms with Crippen LogP contribution in [0.1, 0.15) is 23.4 Å². The van der Waals surface area contributed by atoms with E-state index < -0.39 is 0 Å². The Morgan fingerprint density at radius 1 is 1.17 bits per heavy atom. The molecule has 0 atom stereocenters. The smallest absolute Gasteiger partial charge is 0.224 e. The summed E-state index contributed by atoms with van der Waals surface area (Å²) in [6.45, 7) is 3.90. The lowest BCUT2D eigenvalue weighted by Gasteiger charge is -2.11. The maximum Gasteiger partial charge on any atom is 0.224 e. The molecule has 3 aromatic rings. The van der Waals surface area contributed by atoms with Gasteiger partial charge in [-0.2, -0.15) is 10.2 Å². The molecular formula is C18H21N5O. The minimum atomic E-state index is -0.0189. The summed E-state index contributed by atoms with van der Waals surface area (Å²) in [6.07, 6.45) is 4.94. The van der Waals surface area contributed by atoms with E-state index in [9.17, 15) is 4.79 Å². The molecule has 0 saturated carbocycles. The highest BCUT2D eigenvalue weighted by atomic mass is 16.1. The summed E-state index contributed by atoms with van der Waals surface area (Å²) >= 11 is 0. The molecule has 6 heteroatoms. The number of rotatable bonds is 5. The molecule has 24 heavy (non-hydrogen) atoms. The lowest BCUT2D eigenvalue weighted by Crippen LogP contribution is -2.14. The third kappa shape index (κ3) is 3.53. The normalized spacial score (nSPS) is 10.8. The second-order valence-electron chi connectivity index (χ2n) is 5.88. The average molecular weight is 323 g/mol. The number of anilines is 1. The van der Waals surface area contributed by atoms with E-state index in [0.29, 0.717) is 12.8 Å². The third-order valence-corrected chi connectivity index (χ3v) is 3.88. The van der Waals surface area contributed by atoms with Crippen molar-refractivity contribution in [2.45, 2.75) is 26.7 Å². The number of aryl methyl sites for hydroxylation is 4. The highest BCUT2D eigenvalue weighted by Gasteiger charge is 2.10. The van der Waals surface area contributed by atoms with Gasteiger partial charge in [0.2, 0.25) is 5.91 Å². The quantitative estimate of drug-likeness (QED) is 0.785. The average Bonchev–Trinajstić information content (AvgIpc) is 3.11. The monoisotopic (exact) mass is 323 g/mol. The Balaban J connectivity index is 1.70. The molecule has 2 aromatic heterocycles. The van der Waals surface area contributed by atoms with Crippen LogP contribution in [-0.4, -0.2) is 25.5 Å². The fourth-order valence-electron chi connectivity index (χ4n) is 2.68. The Morgan fingerprint density at radius 2 is 1.96 bits per heavy atom. The van der Waals surface area contributed by atoms with E-state index in [4.69, 9.17) is 0 Å². The van der Waals surface area contributed by atoms with Crippen molar-refractivity contribution in [2.75, 3.05) is 5.32 Å². The third-order valence-electron chi connectivity index (χ3n) is 3.88. The van der Waals surface area contributed by atoms with Crippen molar-refractivity contribution in [1.82, 2.24) is 19.6 Å². The van der Waals surface area contributed by atoms with Crippen LogP contribution in [0.2, 0.25) is 0 Å². The molecule has 1 amide bonds. The first-order valence-corrected chi connectivity index (χ1v) is 7.93. The first-order valence-electron chi connectivity index (χ1n) is 7.93. The van der Waals surface area contributed by atoms with Gasteiger partial charge in [-0.25, -0.2) is 4.68 Å². The Labute approximate surface area is 141 Å². The van der Waals surface area contributed by atoms with Gasteiger partial charge in [-0.05, 0) is 44.0 Å². The molecule has 2 heterocycles. The van der Waals surface area contributed by atoms with Crippen LogP contribution in [0.15, 0.2) is 42.7 Å². The van der Waals surface area contributed by atoms with Crippen molar-refractivity contribution >= 4 is 11.6 Å². The van der Waals surface area contributed by atoms with E-state index in [2.05, 4.69) is 15.5 Å². The molecule has 6 nitrogen and oxygen atoms in total. The van der Waals surface area contributed by atoms with Crippen LogP contribution in [0.5, 0.6) is 0 Å². The number of aromatic nitrogens is 4. The number of para-hydroxylation sites is 2. The molecule has 0 bridgehead atoms. The molecule has 1 aromatic carbocycles. The number of hydrogen-bond acceptors (Lipinski definition) is 3. The number of carbonyl (C=O) groups excluding carboxylic acids is 1. The predicted octanol–water partition coefficient (Wildman–Crippen LogP) is 2.79. The lowest BCUT2D eigenvalue weighted by atomic mass is 10.1. The Morgan fingerprint density at radius 3 is 2.62 bits per heavy atom. The van der Waals surface area contributed by atoms with Gasteiger partial charge in [-0.1, -0.05) is 12.1 Å². The fraction of sp³-hybridized carbons (Fsp3) is 0.278. The summed E-state index contributed by atoms with van der Waals surface area (Å²) in [7, 11) is 1.89. The Bertz CT molecular complexity index is 862. The molecule has 124 valence electrons. The lowest BCUT2D eigenvalue weighted by molar-refractivity contribution is -0.116. The van der Waals surface area contributed by atoms with Gasteiger partial charge in [-0.3, -0.25) is 9.48 Å². The molecule has 0 spiro atoms. The zero-order valence-corrected chi connectivity index (χ0v) is 14.2. The number of nitrogens with zero attached hydrogens (tertiary/aromatic N) is 4. The zero-order chi connectivity index (χ0) is 17.1. The minimum absolute atomic E-state index is 0.0189. The molecular weight excluding hydrogens is 302 g/mol. The van der Waals surface area contributed by atoms with Gasteiger partial charge in [0.1, 0.15) is 0 Å². The zero-order valence-electron chi connectivity index (χ0n) is 14.2. The molecule has 0 radical (unpaired) electrons. The van der Waals surface area contributed by atoms with E-state index in [1.165, 1.54) is 0 Å². The number of carbonyl (C=O) groups is 1. The van der Waals surface area contributed by atoms with Crippen LogP contribution in [-0.2, 0) is 18.3 Å². The van der Waals surface area contributed by atoms with Crippen LogP contribution in [0.3, 0.4) is 0 Å². The van der Waals surface area contributed by atoms with Crippen LogP contribution in [0.4, 0.5) is 5.69 Å². The summed E-state index contributed by atoms with van der Waals surface area (Å²) in [4.78, 5) is 12.3. The minimum Gasteiger partial charge on any atom is -0.324 e. The van der Waals surface area contributed by atoms with Crippen molar-refractivity contribution in [1.29, 1.82) is 0 Å². The summed E-state index contributed by atoms with van der Waals surface area (Å²) < 4.78 is 3.55. The van der Waals surface area contributed by atoms with Crippen LogP contribution >= 0.6 is 0 Å². The van der Waals surface area contributed by atoms with Crippen LogP contribution < -0.4 is 5.32 Å². The first-order chi connectivity index (χ1) is 11.5. The summed E-state index contributed by atoms with van der Waals surface area (Å²) in [5.74, 6) is -0.0189. The van der Waals surface area contributed by atoms with Gasteiger partial charge < -0.3 is 5.32 Å². The topological polar surface area (TPSA) is 64.7 Å². The fourth-order valence-corrected chi connectivity index (χ4v) is 2.68. The van der Waals surface area contributed by atoms with Gasteiger partial charge in [0.25, 0.3) is 0 Å². The standard InChI is InChI=1S/C18H21N5O/c1-13-10-11-23(20-13)17-7-5-4-6-16(17)19-18(24)9-8-15-12-22(3)21-14(15)2/h4-7,10-12H,8-9H2,1-3H3,(H,19,24). The summed E-state index contributed by atoms with van der Waals surface area (Å²) in [5, 5.41) is 11.7. The van der Waals surface area contributed by atoms with E-state index >= 15 is 0 Å². The largest absolute Gasteiger partial charge is 0.324 e. The molecule has 0 fully saturated rings. The second-order valence-corrected chi connectivity index (χ2v) is 5.88. The highest BCUT2D eigenvalue weighted by Crippen LogP contribution is 2.20.